The predicted molar refractivity (Wildman–Crippen MR) is 87.3 cm³/mol. The van der Waals surface area contributed by atoms with Crippen molar-refractivity contribution in [3.05, 3.63) is 28.2 Å². The fraction of sp³-hybridized carbons (Fsp3) is 0.500. The lowest BCUT2D eigenvalue weighted by Crippen LogP contribution is -2.37. The number of carbonyl (C=O) groups excluding carboxylic acids is 2. The monoisotopic (exact) mass is 352 g/mol. The van der Waals surface area contributed by atoms with Gasteiger partial charge in [0.05, 0.1) is 5.92 Å². The van der Waals surface area contributed by atoms with Crippen molar-refractivity contribution < 1.29 is 9.59 Å². The zero-order valence-electron chi connectivity index (χ0n) is 12.7. The average Bonchev–Trinajstić information content (AvgIpc) is 2.82. The SMILES string of the molecule is CCN(CC)C(=O)C1CC(=O)N(c2ccc(Br)cc2C)C1. The quantitative estimate of drug-likeness (QED) is 0.835. The van der Waals surface area contributed by atoms with Gasteiger partial charge in [0.2, 0.25) is 11.8 Å². The highest BCUT2D eigenvalue weighted by Gasteiger charge is 2.37. The highest BCUT2D eigenvalue weighted by atomic mass is 79.9. The average molecular weight is 353 g/mol. The molecule has 2 amide bonds. The van der Waals surface area contributed by atoms with Gasteiger partial charge in [-0.1, -0.05) is 15.9 Å². The van der Waals surface area contributed by atoms with Crippen LogP contribution in [-0.4, -0.2) is 36.3 Å². The summed E-state index contributed by atoms with van der Waals surface area (Å²) < 4.78 is 0.992. The molecule has 1 aromatic rings. The van der Waals surface area contributed by atoms with Crippen molar-refractivity contribution in [3.8, 4) is 0 Å². The summed E-state index contributed by atoms with van der Waals surface area (Å²) in [6.07, 6.45) is 0.310. The molecule has 0 aromatic heterocycles. The Morgan fingerprint density at radius 3 is 2.62 bits per heavy atom. The summed E-state index contributed by atoms with van der Waals surface area (Å²) in [7, 11) is 0. The number of carbonyl (C=O) groups is 2. The molecule has 5 heteroatoms. The van der Waals surface area contributed by atoms with E-state index in [0.717, 1.165) is 15.7 Å². The fourth-order valence-electron chi connectivity index (χ4n) is 2.82. The van der Waals surface area contributed by atoms with Gasteiger partial charge < -0.3 is 9.80 Å². The minimum absolute atomic E-state index is 0.0333. The number of anilines is 1. The van der Waals surface area contributed by atoms with Crippen LogP contribution in [0.4, 0.5) is 5.69 Å². The predicted octanol–water partition coefficient (Wildman–Crippen LogP) is 2.98. The molecule has 1 unspecified atom stereocenters. The molecule has 0 saturated carbocycles. The lowest BCUT2D eigenvalue weighted by molar-refractivity contribution is -0.135. The molecule has 1 saturated heterocycles. The topological polar surface area (TPSA) is 40.6 Å². The van der Waals surface area contributed by atoms with E-state index in [9.17, 15) is 9.59 Å². The van der Waals surface area contributed by atoms with Crippen molar-refractivity contribution in [3.63, 3.8) is 0 Å². The molecule has 4 nitrogen and oxygen atoms in total. The molecule has 1 aliphatic heterocycles. The Morgan fingerprint density at radius 1 is 1.38 bits per heavy atom. The van der Waals surface area contributed by atoms with Gasteiger partial charge >= 0.3 is 0 Å². The number of rotatable bonds is 4. The Hall–Kier alpha value is -1.36. The second kappa shape index (κ2) is 6.60. The third kappa shape index (κ3) is 3.28. The Balaban J connectivity index is 2.18. The lowest BCUT2D eigenvalue weighted by Gasteiger charge is -2.23. The van der Waals surface area contributed by atoms with E-state index in [-0.39, 0.29) is 17.7 Å². The summed E-state index contributed by atoms with van der Waals surface area (Å²) in [5.41, 5.74) is 1.94. The number of halogens is 1. The van der Waals surface area contributed by atoms with Crippen molar-refractivity contribution >= 4 is 33.4 Å². The highest BCUT2D eigenvalue weighted by molar-refractivity contribution is 9.10. The maximum absolute atomic E-state index is 12.4. The largest absolute Gasteiger partial charge is 0.343 e. The van der Waals surface area contributed by atoms with Crippen LogP contribution in [-0.2, 0) is 9.59 Å². The van der Waals surface area contributed by atoms with Gasteiger partial charge in [0.25, 0.3) is 0 Å². The molecule has 1 fully saturated rings. The molecule has 0 N–H and O–H groups in total. The van der Waals surface area contributed by atoms with Gasteiger partial charge in [-0.05, 0) is 44.5 Å². The smallest absolute Gasteiger partial charge is 0.227 e. The first-order valence-corrected chi connectivity index (χ1v) is 8.12. The van der Waals surface area contributed by atoms with E-state index >= 15 is 0 Å². The third-order valence-electron chi connectivity index (χ3n) is 4.00. The molecule has 0 radical (unpaired) electrons. The van der Waals surface area contributed by atoms with Gasteiger partial charge in [-0.2, -0.15) is 0 Å². The summed E-state index contributed by atoms with van der Waals surface area (Å²) in [5, 5.41) is 0. The number of amides is 2. The molecular weight excluding hydrogens is 332 g/mol. The number of benzene rings is 1. The Labute approximate surface area is 134 Å². The molecular formula is C16H21BrN2O2. The second-order valence-electron chi connectivity index (χ2n) is 5.35. The maximum Gasteiger partial charge on any atom is 0.227 e. The van der Waals surface area contributed by atoms with Gasteiger partial charge in [0, 0.05) is 36.2 Å². The van der Waals surface area contributed by atoms with E-state index in [0.29, 0.717) is 26.1 Å². The molecule has 21 heavy (non-hydrogen) atoms. The van der Waals surface area contributed by atoms with E-state index in [1.165, 1.54) is 0 Å². The van der Waals surface area contributed by atoms with Crippen LogP contribution in [0.2, 0.25) is 0 Å². The van der Waals surface area contributed by atoms with Gasteiger partial charge in [0.1, 0.15) is 0 Å². The zero-order valence-corrected chi connectivity index (χ0v) is 14.3. The first kappa shape index (κ1) is 16.0. The first-order chi connectivity index (χ1) is 9.97. The van der Waals surface area contributed by atoms with Gasteiger partial charge in [-0.25, -0.2) is 0 Å². The van der Waals surface area contributed by atoms with Crippen molar-refractivity contribution in [2.45, 2.75) is 27.2 Å². The zero-order chi connectivity index (χ0) is 15.6. The summed E-state index contributed by atoms with van der Waals surface area (Å²) in [4.78, 5) is 28.2. The second-order valence-corrected chi connectivity index (χ2v) is 6.26. The van der Waals surface area contributed by atoms with Crippen LogP contribution in [0.5, 0.6) is 0 Å². The minimum atomic E-state index is -0.222. The van der Waals surface area contributed by atoms with E-state index in [1.807, 2.05) is 39.0 Å². The minimum Gasteiger partial charge on any atom is -0.343 e. The molecule has 114 valence electrons. The van der Waals surface area contributed by atoms with E-state index < -0.39 is 0 Å². The van der Waals surface area contributed by atoms with Crippen molar-refractivity contribution in [2.24, 2.45) is 5.92 Å². The molecule has 2 rings (SSSR count). The van der Waals surface area contributed by atoms with Gasteiger partial charge in [-0.3, -0.25) is 9.59 Å². The van der Waals surface area contributed by atoms with Crippen molar-refractivity contribution in [1.29, 1.82) is 0 Å². The maximum atomic E-state index is 12.4. The van der Waals surface area contributed by atoms with Crippen LogP contribution < -0.4 is 4.90 Å². The van der Waals surface area contributed by atoms with Crippen LogP contribution in [0.15, 0.2) is 22.7 Å². The van der Waals surface area contributed by atoms with Crippen LogP contribution >= 0.6 is 15.9 Å². The summed E-state index contributed by atoms with van der Waals surface area (Å²) in [6.45, 7) is 7.78. The normalized spacial score (nSPS) is 18.2. The third-order valence-corrected chi connectivity index (χ3v) is 4.49. The number of hydrogen-bond donors (Lipinski definition) is 0. The van der Waals surface area contributed by atoms with Crippen LogP contribution in [0.25, 0.3) is 0 Å². The van der Waals surface area contributed by atoms with Gasteiger partial charge in [0.15, 0.2) is 0 Å². The molecule has 1 aromatic carbocycles. The Bertz CT molecular complexity index is 555. The standard InChI is InChI=1S/C16H21BrN2O2/c1-4-18(5-2)16(21)12-9-15(20)19(10-12)14-7-6-13(17)8-11(14)3/h6-8,12H,4-5,9-10H2,1-3H3. The Kier molecular flexibility index (Phi) is 5.04. The molecule has 1 aliphatic rings. The summed E-state index contributed by atoms with van der Waals surface area (Å²) in [5.74, 6) is -0.100. The molecule has 0 aliphatic carbocycles. The summed E-state index contributed by atoms with van der Waals surface area (Å²) in [6, 6.07) is 5.85. The van der Waals surface area contributed by atoms with E-state index in [2.05, 4.69) is 15.9 Å². The molecule has 1 heterocycles. The molecule has 0 bridgehead atoms. The van der Waals surface area contributed by atoms with Crippen LogP contribution in [0.3, 0.4) is 0 Å². The molecule has 1 atom stereocenters. The summed E-state index contributed by atoms with van der Waals surface area (Å²) >= 11 is 3.43. The van der Waals surface area contributed by atoms with Crippen LogP contribution in [0, 0.1) is 12.8 Å². The first-order valence-electron chi connectivity index (χ1n) is 7.33. The van der Waals surface area contributed by atoms with E-state index in [4.69, 9.17) is 0 Å². The van der Waals surface area contributed by atoms with E-state index in [1.54, 1.807) is 9.80 Å². The van der Waals surface area contributed by atoms with Crippen molar-refractivity contribution in [2.75, 3.05) is 24.5 Å². The highest BCUT2D eigenvalue weighted by Crippen LogP contribution is 2.30. The lowest BCUT2D eigenvalue weighted by atomic mass is 10.1. The number of hydrogen-bond acceptors (Lipinski definition) is 2. The fourth-order valence-corrected chi connectivity index (χ4v) is 3.30. The molecule has 0 spiro atoms. The van der Waals surface area contributed by atoms with Gasteiger partial charge in [-0.15, -0.1) is 0 Å². The number of nitrogens with zero attached hydrogens (tertiary/aromatic N) is 2. The Morgan fingerprint density at radius 2 is 2.05 bits per heavy atom. The van der Waals surface area contributed by atoms with Crippen LogP contribution in [0.1, 0.15) is 25.8 Å². The number of aryl methyl sites for hydroxylation is 1. The van der Waals surface area contributed by atoms with Crippen molar-refractivity contribution in [1.82, 2.24) is 4.90 Å².